The van der Waals surface area contributed by atoms with Crippen LogP contribution in [0.1, 0.15) is 32.6 Å². The van der Waals surface area contributed by atoms with E-state index < -0.39 is 0 Å². The monoisotopic (exact) mass is 328 g/mol. The second-order valence-electron chi connectivity index (χ2n) is 5.80. The third kappa shape index (κ3) is 3.73. The minimum absolute atomic E-state index is 0.136. The van der Waals surface area contributed by atoms with Crippen LogP contribution in [0.4, 0.5) is 0 Å². The Bertz CT molecular complexity index is 950. The number of carbonyl (C=O) groups is 1. The summed E-state index contributed by atoms with van der Waals surface area (Å²) in [7, 11) is 0. The van der Waals surface area contributed by atoms with Gasteiger partial charge in [0.1, 0.15) is 5.75 Å². The van der Waals surface area contributed by atoms with Crippen molar-refractivity contribution in [1.29, 1.82) is 5.26 Å². The zero-order chi connectivity index (χ0) is 17.8. The number of hydrogen-bond acceptors (Lipinski definition) is 4. The maximum absolute atomic E-state index is 12.9. The van der Waals surface area contributed by atoms with Crippen LogP contribution in [0.5, 0.6) is 11.6 Å². The molecule has 0 aliphatic carbocycles. The lowest BCUT2D eigenvalue weighted by Gasteiger charge is -2.10. The van der Waals surface area contributed by atoms with Crippen molar-refractivity contribution in [3.05, 3.63) is 88.6 Å². The van der Waals surface area contributed by atoms with E-state index in [0.29, 0.717) is 22.4 Å². The summed E-state index contributed by atoms with van der Waals surface area (Å²) in [6, 6.07) is 17.9. The number of carbonyl (C=O) groups excluding carboxylic acids is 1. The summed E-state index contributed by atoms with van der Waals surface area (Å²) in [6.07, 6.45) is 1.58. The molecule has 4 heteroatoms. The second kappa shape index (κ2) is 6.98. The van der Waals surface area contributed by atoms with Crippen molar-refractivity contribution < 1.29 is 9.53 Å². The lowest BCUT2D eigenvalue weighted by Crippen LogP contribution is -2.05. The van der Waals surface area contributed by atoms with Crippen molar-refractivity contribution in [2.75, 3.05) is 0 Å². The number of hydrogen-bond donors (Lipinski definition) is 0. The second-order valence-corrected chi connectivity index (χ2v) is 5.80. The molecule has 0 aliphatic heterocycles. The Labute approximate surface area is 146 Å². The van der Waals surface area contributed by atoms with Crippen molar-refractivity contribution in [3.63, 3.8) is 0 Å². The molecule has 0 saturated carbocycles. The summed E-state index contributed by atoms with van der Waals surface area (Å²) >= 11 is 0. The minimum atomic E-state index is -0.136. The number of ether oxygens (including phenoxy) is 1. The van der Waals surface area contributed by atoms with Crippen molar-refractivity contribution in [2.45, 2.75) is 13.8 Å². The molecule has 3 rings (SSSR count). The van der Waals surface area contributed by atoms with Gasteiger partial charge in [-0.25, -0.2) is 4.98 Å². The molecule has 122 valence electrons. The van der Waals surface area contributed by atoms with E-state index in [4.69, 9.17) is 10.00 Å². The molecule has 2 aromatic carbocycles. The van der Waals surface area contributed by atoms with Crippen LogP contribution >= 0.6 is 0 Å². The van der Waals surface area contributed by atoms with Gasteiger partial charge in [0.15, 0.2) is 5.78 Å². The number of pyridine rings is 1. The first-order valence-electron chi connectivity index (χ1n) is 7.83. The van der Waals surface area contributed by atoms with Gasteiger partial charge in [-0.05, 0) is 62.4 Å². The maximum atomic E-state index is 12.9. The van der Waals surface area contributed by atoms with Crippen LogP contribution in [0, 0.1) is 25.2 Å². The van der Waals surface area contributed by atoms with E-state index in [2.05, 4.69) is 11.1 Å². The smallest absolute Gasteiger partial charge is 0.230 e. The predicted octanol–water partition coefficient (Wildman–Crippen LogP) is 4.59. The minimum Gasteiger partial charge on any atom is -0.438 e. The molecule has 0 fully saturated rings. The molecule has 4 nitrogen and oxygen atoms in total. The highest BCUT2D eigenvalue weighted by Gasteiger charge is 2.17. The average molecular weight is 328 g/mol. The van der Waals surface area contributed by atoms with Gasteiger partial charge in [0.2, 0.25) is 5.88 Å². The predicted molar refractivity (Wildman–Crippen MR) is 94.8 cm³/mol. The first kappa shape index (κ1) is 16.4. The van der Waals surface area contributed by atoms with Crippen LogP contribution in [0.15, 0.2) is 60.8 Å². The van der Waals surface area contributed by atoms with E-state index >= 15 is 0 Å². The lowest BCUT2D eigenvalue weighted by molar-refractivity contribution is 0.103. The normalized spacial score (nSPS) is 10.1. The van der Waals surface area contributed by atoms with Crippen LogP contribution in [-0.4, -0.2) is 10.8 Å². The van der Waals surface area contributed by atoms with Crippen molar-refractivity contribution in [2.24, 2.45) is 0 Å². The number of aryl methyl sites for hydroxylation is 2. The number of benzene rings is 2. The Kier molecular flexibility index (Phi) is 4.58. The number of rotatable bonds is 4. The molecule has 1 aromatic heterocycles. The average Bonchev–Trinajstić information content (AvgIpc) is 2.61. The maximum Gasteiger partial charge on any atom is 0.230 e. The summed E-state index contributed by atoms with van der Waals surface area (Å²) in [5.74, 6) is 0.632. The molecule has 0 radical (unpaired) electrons. The van der Waals surface area contributed by atoms with Crippen molar-refractivity contribution in [1.82, 2.24) is 4.98 Å². The summed E-state index contributed by atoms with van der Waals surface area (Å²) in [6.45, 7) is 3.92. The molecule has 0 bridgehead atoms. The Morgan fingerprint density at radius 2 is 1.72 bits per heavy atom. The molecule has 0 aliphatic rings. The highest BCUT2D eigenvalue weighted by Crippen LogP contribution is 2.25. The van der Waals surface area contributed by atoms with E-state index in [1.807, 2.05) is 32.0 Å². The Hall–Kier alpha value is -3.45. The SMILES string of the molecule is Cc1cc(C)cc(C(=O)c2cccnc2Oc2ccc(C#N)cc2)c1. The quantitative estimate of drug-likeness (QED) is 0.657. The Morgan fingerprint density at radius 1 is 1.04 bits per heavy atom. The molecular weight excluding hydrogens is 312 g/mol. The Balaban J connectivity index is 1.95. The number of aromatic nitrogens is 1. The molecule has 0 saturated heterocycles. The van der Waals surface area contributed by atoms with Gasteiger partial charge in [-0.1, -0.05) is 17.2 Å². The highest BCUT2D eigenvalue weighted by molar-refractivity contribution is 6.10. The van der Waals surface area contributed by atoms with Gasteiger partial charge in [-0.2, -0.15) is 5.26 Å². The van der Waals surface area contributed by atoms with Gasteiger partial charge in [-0.3, -0.25) is 4.79 Å². The summed E-state index contributed by atoms with van der Waals surface area (Å²) in [5.41, 5.74) is 3.61. The Morgan fingerprint density at radius 3 is 2.36 bits per heavy atom. The molecule has 0 spiro atoms. The molecule has 1 heterocycles. The van der Waals surface area contributed by atoms with Crippen LogP contribution in [-0.2, 0) is 0 Å². The van der Waals surface area contributed by atoms with Crippen LogP contribution in [0.2, 0.25) is 0 Å². The van der Waals surface area contributed by atoms with Gasteiger partial charge in [0.05, 0.1) is 17.2 Å². The number of nitrogens with zero attached hydrogens (tertiary/aromatic N) is 2. The summed E-state index contributed by atoms with van der Waals surface area (Å²) < 4.78 is 5.77. The van der Waals surface area contributed by atoms with Crippen LogP contribution in [0.3, 0.4) is 0 Å². The third-order valence-electron chi connectivity index (χ3n) is 3.70. The molecule has 0 unspecified atom stereocenters. The van der Waals surface area contributed by atoms with E-state index in [1.165, 1.54) is 0 Å². The van der Waals surface area contributed by atoms with Gasteiger partial charge in [0, 0.05) is 11.8 Å². The van der Waals surface area contributed by atoms with Crippen molar-refractivity contribution >= 4 is 5.78 Å². The standard InChI is InChI=1S/C21H16N2O2/c1-14-10-15(2)12-17(11-14)20(24)19-4-3-9-23-21(19)25-18-7-5-16(13-22)6-8-18/h3-12H,1-2H3. The van der Waals surface area contributed by atoms with E-state index in [1.54, 1.807) is 42.6 Å². The first-order valence-corrected chi connectivity index (χ1v) is 7.83. The number of nitriles is 1. The van der Waals surface area contributed by atoms with Gasteiger partial charge in [0.25, 0.3) is 0 Å². The largest absolute Gasteiger partial charge is 0.438 e. The van der Waals surface area contributed by atoms with Gasteiger partial charge in [-0.15, -0.1) is 0 Å². The third-order valence-corrected chi connectivity index (χ3v) is 3.70. The van der Waals surface area contributed by atoms with Crippen LogP contribution < -0.4 is 4.74 Å². The molecule has 0 N–H and O–H groups in total. The van der Waals surface area contributed by atoms with E-state index in [9.17, 15) is 4.79 Å². The fraction of sp³-hybridized carbons (Fsp3) is 0.0952. The van der Waals surface area contributed by atoms with E-state index in [-0.39, 0.29) is 11.7 Å². The van der Waals surface area contributed by atoms with Gasteiger partial charge >= 0.3 is 0 Å². The number of ketones is 1. The van der Waals surface area contributed by atoms with E-state index in [0.717, 1.165) is 11.1 Å². The topological polar surface area (TPSA) is 63.0 Å². The highest BCUT2D eigenvalue weighted by atomic mass is 16.5. The summed E-state index contributed by atoms with van der Waals surface area (Å²) in [5, 5.41) is 8.86. The molecule has 0 amide bonds. The molecule has 25 heavy (non-hydrogen) atoms. The van der Waals surface area contributed by atoms with Crippen LogP contribution in [0.25, 0.3) is 0 Å². The zero-order valence-electron chi connectivity index (χ0n) is 14.0. The van der Waals surface area contributed by atoms with Gasteiger partial charge < -0.3 is 4.74 Å². The molecular formula is C21H16N2O2. The summed E-state index contributed by atoms with van der Waals surface area (Å²) in [4.78, 5) is 17.1. The fourth-order valence-corrected chi connectivity index (χ4v) is 2.62. The fourth-order valence-electron chi connectivity index (χ4n) is 2.62. The van der Waals surface area contributed by atoms with Crippen molar-refractivity contribution in [3.8, 4) is 17.7 Å². The first-order chi connectivity index (χ1) is 12.1. The molecule has 3 aromatic rings. The zero-order valence-corrected chi connectivity index (χ0v) is 14.0. The lowest BCUT2D eigenvalue weighted by atomic mass is 10.00. The molecule has 0 atom stereocenters.